The van der Waals surface area contributed by atoms with Gasteiger partial charge in [0.15, 0.2) is 6.54 Å². The molecule has 1 atom stereocenters. The van der Waals surface area contributed by atoms with Gasteiger partial charge in [0.25, 0.3) is 5.91 Å². The summed E-state index contributed by atoms with van der Waals surface area (Å²) in [5.41, 5.74) is 3.45. The number of furan rings is 1. The van der Waals surface area contributed by atoms with Gasteiger partial charge in [-0.15, -0.1) is 11.3 Å². The molecule has 2 heterocycles. The van der Waals surface area contributed by atoms with E-state index in [1.165, 1.54) is 10.4 Å². The Kier molecular flexibility index (Phi) is 5.07. The number of ether oxygens (including phenoxy) is 1. The first-order valence-electron chi connectivity index (χ1n) is 9.18. The number of carbonyl (C=O) groups excluding carboxylic acids is 1. The zero-order chi connectivity index (χ0) is 19.7. The summed E-state index contributed by atoms with van der Waals surface area (Å²) in [6, 6.07) is 13.7. The largest absolute Gasteiger partial charge is 0.495 e. The van der Waals surface area contributed by atoms with E-state index in [1.54, 1.807) is 18.4 Å². The van der Waals surface area contributed by atoms with Gasteiger partial charge >= 0.3 is 0 Å². The summed E-state index contributed by atoms with van der Waals surface area (Å²) in [5, 5.41) is 7.08. The number of aryl methyl sites for hydroxylation is 1. The summed E-state index contributed by atoms with van der Waals surface area (Å²) in [7, 11) is 3.63. The van der Waals surface area contributed by atoms with Crippen molar-refractivity contribution < 1.29 is 18.8 Å². The molecule has 6 heteroatoms. The van der Waals surface area contributed by atoms with Gasteiger partial charge in [0, 0.05) is 16.8 Å². The van der Waals surface area contributed by atoms with Gasteiger partial charge in [0.2, 0.25) is 0 Å². The molecule has 0 radical (unpaired) electrons. The van der Waals surface area contributed by atoms with Crippen LogP contribution in [-0.4, -0.2) is 26.6 Å². The number of nitrogens with one attached hydrogen (secondary N) is 2. The summed E-state index contributed by atoms with van der Waals surface area (Å²) >= 11 is 1.73. The van der Waals surface area contributed by atoms with Crippen molar-refractivity contribution in [1.29, 1.82) is 0 Å². The van der Waals surface area contributed by atoms with Gasteiger partial charge in [-0.05, 0) is 36.1 Å². The van der Waals surface area contributed by atoms with Gasteiger partial charge < -0.3 is 19.4 Å². The van der Waals surface area contributed by atoms with Crippen molar-refractivity contribution in [2.75, 3.05) is 26.0 Å². The van der Waals surface area contributed by atoms with E-state index < -0.39 is 0 Å². The van der Waals surface area contributed by atoms with E-state index in [0.29, 0.717) is 18.0 Å². The van der Waals surface area contributed by atoms with Crippen molar-refractivity contribution >= 4 is 44.9 Å². The van der Waals surface area contributed by atoms with Crippen LogP contribution in [0.1, 0.15) is 10.4 Å². The van der Waals surface area contributed by atoms with Crippen LogP contribution in [0.4, 0.5) is 5.69 Å². The number of thiophene rings is 1. The third-order valence-corrected chi connectivity index (χ3v) is 5.89. The number of fused-ring (bicyclic) bond motifs is 3. The Bertz CT molecular complexity index is 1150. The minimum absolute atomic E-state index is 0.0551. The maximum absolute atomic E-state index is 12.6. The van der Waals surface area contributed by atoms with Gasteiger partial charge in [-0.3, -0.25) is 4.79 Å². The third-order valence-electron chi connectivity index (χ3n) is 4.87. The molecule has 1 amide bonds. The Morgan fingerprint density at radius 1 is 1.18 bits per heavy atom. The molecule has 5 nitrogen and oxygen atoms in total. The van der Waals surface area contributed by atoms with Crippen LogP contribution in [0.2, 0.25) is 0 Å². The third kappa shape index (κ3) is 3.61. The topological polar surface area (TPSA) is 55.9 Å². The zero-order valence-corrected chi connectivity index (χ0v) is 17.0. The van der Waals surface area contributed by atoms with Crippen molar-refractivity contribution in [3.8, 4) is 5.75 Å². The normalized spacial score (nSPS) is 12.4. The van der Waals surface area contributed by atoms with Crippen molar-refractivity contribution in [1.82, 2.24) is 0 Å². The molecule has 4 aromatic rings. The van der Waals surface area contributed by atoms with E-state index in [9.17, 15) is 4.79 Å². The molecule has 2 aromatic carbocycles. The molecule has 0 aliphatic heterocycles. The Morgan fingerprint density at radius 3 is 2.75 bits per heavy atom. The highest BCUT2D eigenvalue weighted by molar-refractivity contribution is 7.10. The van der Waals surface area contributed by atoms with E-state index in [4.69, 9.17) is 9.15 Å². The fraction of sp³-hybridized carbons (Fsp3) is 0.227. The van der Waals surface area contributed by atoms with Crippen LogP contribution in [0.15, 0.2) is 52.3 Å². The van der Waals surface area contributed by atoms with Crippen molar-refractivity contribution in [2.45, 2.75) is 13.5 Å². The number of anilines is 1. The second-order valence-electron chi connectivity index (χ2n) is 7.03. The number of benzene rings is 2. The van der Waals surface area contributed by atoms with Gasteiger partial charge in [0.05, 0.1) is 24.7 Å². The highest BCUT2D eigenvalue weighted by atomic mass is 32.1. The zero-order valence-electron chi connectivity index (χ0n) is 16.2. The number of quaternary nitrogens is 1. The van der Waals surface area contributed by atoms with Crippen LogP contribution in [-0.2, 0) is 11.3 Å². The van der Waals surface area contributed by atoms with E-state index >= 15 is 0 Å². The lowest BCUT2D eigenvalue weighted by molar-refractivity contribution is -0.884. The summed E-state index contributed by atoms with van der Waals surface area (Å²) < 4.78 is 11.4. The summed E-state index contributed by atoms with van der Waals surface area (Å²) in [5.74, 6) is 0.569. The average Bonchev–Trinajstić information content (AvgIpc) is 3.23. The quantitative estimate of drug-likeness (QED) is 0.524. The summed E-state index contributed by atoms with van der Waals surface area (Å²) in [4.78, 5) is 15.0. The van der Waals surface area contributed by atoms with Gasteiger partial charge in [0.1, 0.15) is 23.5 Å². The van der Waals surface area contributed by atoms with Crippen LogP contribution in [0, 0.1) is 6.92 Å². The second-order valence-corrected chi connectivity index (χ2v) is 8.03. The lowest BCUT2D eigenvalue weighted by atomic mass is 10.1. The molecule has 28 heavy (non-hydrogen) atoms. The summed E-state index contributed by atoms with van der Waals surface area (Å²) in [6.45, 7) is 3.31. The van der Waals surface area contributed by atoms with Crippen molar-refractivity contribution in [2.24, 2.45) is 0 Å². The minimum atomic E-state index is -0.0551. The van der Waals surface area contributed by atoms with Crippen molar-refractivity contribution in [3.05, 3.63) is 58.3 Å². The highest BCUT2D eigenvalue weighted by Gasteiger charge is 2.17. The van der Waals surface area contributed by atoms with Crippen molar-refractivity contribution in [3.63, 3.8) is 0 Å². The number of methoxy groups -OCH3 is 1. The number of likely N-dealkylation sites (N-methyl/N-ethyl adjacent to an activating group) is 1. The van der Waals surface area contributed by atoms with Crippen LogP contribution < -0.4 is 15.0 Å². The Balaban J connectivity index is 1.54. The number of hydrogen-bond donors (Lipinski definition) is 2. The van der Waals surface area contributed by atoms with E-state index in [2.05, 4.69) is 23.7 Å². The molecule has 0 saturated heterocycles. The first-order valence-corrected chi connectivity index (χ1v) is 10.1. The number of carbonyl (C=O) groups is 1. The average molecular weight is 396 g/mol. The first kappa shape index (κ1) is 18.5. The molecule has 4 rings (SSSR count). The number of para-hydroxylation sites is 1. The van der Waals surface area contributed by atoms with Crippen LogP contribution in [0.3, 0.4) is 0 Å². The Labute approximate surface area is 167 Å². The number of amides is 1. The molecule has 0 bridgehead atoms. The van der Waals surface area contributed by atoms with Crippen LogP contribution in [0.25, 0.3) is 21.9 Å². The molecule has 144 valence electrons. The minimum Gasteiger partial charge on any atom is -0.495 e. The first-order chi connectivity index (χ1) is 13.5. The smallest absolute Gasteiger partial charge is 0.279 e. The van der Waals surface area contributed by atoms with E-state index in [0.717, 1.165) is 33.4 Å². The number of rotatable bonds is 6. The van der Waals surface area contributed by atoms with E-state index in [-0.39, 0.29) is 5.91 Å². The lowest BCUT2D eigenvalue weighted by Crippen LogP contribution is -3.08. The maximum atomic E-state index is 12.6. The SMILES string of the molecule is COc1cc2c(cc1NC(=O)C[NH+](C)Cc1sccc1C)oc1ccccc12. The monoisotopic (exact) mass is 395 g/mol. The fourth-order valence-electron chi connectivity index (χ4n) is 3.41. The van der Waals surface area contributed by atoms with Gasteiger partial charge in [-0.2, -0.15) is 0 Å². The molecular formula is C22H23N2O3S+. The summed E-state index contributed by atoms with van der Waals surface area (Å²) in [6.07, 6.45) is 0. The Hall–Kier alpha value is -2.83. The number of hydrogen-bond acceptors (Lipinski definition) is 4. The molecule has 0 fully saturated rings. The predicted octanol–water partition coefficient (Wildman–Crippen LogP) is 3.62. The molecule has 2 N–H and O–H groups in total. The van der Waals surface area contributed by atoms with Gasteiger partial charge in [-0.1, -0.05) is 18.2 Å². The molecule has 1 unspecified atom stereocenters. The molecular weight excluding hydrogens is 372 g/mol. The van der Waals surface area contributed by atoms with Gasteiger partial charge in [-0.25, -0.2) is 0 Å². The standard InChI is InChI=1S/C22H22N2O3S/c1-14-8-9-28-21(14)12-24(2)13-22(25)23-17-11-19-16(10-20(17)26-3)15-6-4-5-7-18(15)27-19/h4-11H,12-13H2,1-3H3,(H,23,25)/p+1. The fourth-order valence-corrected chi connectivity index (χ4v) is 4.43. The molecule has 0 aliphatic rings. The predicted molar refractivity (Wildman–Crippen MR) is 113 cm³/mol. The highest BCUT2D eigenvalue weighted by Crippen LogP contribution is 2.36. The van der Waals surface area contributed by atoms with Crippen LogP contribution in [0.5, 0.6) is 5.75 Å². The maximum Gasteiger partial charge on any atom is 0.279 e. The second kappa shape index (κ2) is 7.66. The molecule has 2 aromatic heterocycles. The lowest BCUT2D eigenvalue weighted by Gasteiger charge is -2.15. The van der Waals surface area contributed by atoms with Crippen LogP contribution >= 0.6 is 11.3 Å². The Morgan fingerprint density at radius 2 is 2.00 bits per heavy atom. The molecule has 0 saturated carbocycles. The molecule has 0 aliphatic carbocycles. The molecule has 0 spiro atoms. The van der Waals surface area contributed by atoms with E-state index in [1.807, 2.05) is 43.4 Å².